The Hall–Kier alpha value is 1.21. The molecule has 3 amide bonds. The first-order valence-electron chi connectivity index (χ1n) is 1.90. The number of carbonyl (C=O) groups is 3. The van der Waals surface area contributed by atoms with Gasteiger partial charge in [-0.05, 0) is 0 Å². The number of carboxylic acid groups (broad SMARTS) is 3. The van der Waals surface area contributed by atoms with Crippen molar-refractivity contribution in [1.82, 2.24) is 4.90 Å². The minimum absolute atomic E-state index is 0. The molecule has 7 nitrogen and oxygen atoms in total. The molecule has 0 saturated heterocycles. The van der Waals surface area contributed by atoms with E-state index in [1.165, 1.54) is 0 Å². The fourth-order valence-electron chi connectivity index (χ4n) is 0.224. The van der Waals surface area contributed by atoms with Crippen LogP contribution in [0.5, 0.6) is 0 Å². The van der Waals surface area contributed by atoms with Crippen LogP contribution in [0, 0.1) is 0 Å². The Labute approximate surface area is 139 Å². The van der Waals surface area contributed by atoms with Crippen molar-refractivity contribution >= 4 is 18.3 Å². The number of rotatable bonds is 0. The molecule has 0 radical (unpaired) electrons. The Balaban J connectivity index is -0.000000135. The van der Waals surface area contributed by atoms with Crippen molar-refractivity contribution in [2.24, 2.45) is 0 Å². The van der Waals surface area contributed by atoms with Gasteiger partial charge in [0.2, 0.25) is 0 Å². The fourth-order valence-corrected chi connectivity index (χ4v) is 0.224. The molecule has 0 aliphatic carbocycles. The molecule has 13 heavy (non-hydrogen) atoms. The number of hydrogen-bond donors (Lipinski definition) is 0. The predicted molar refractivity (Wildman–Crippen MR) is 18.0 cm³/mol. The number of imide groups is 3. The van der Waals surface area contributed by atoms with E-state index in [1.807, 2.05) is 0 Å². The van der Waals surface area contributed by atoms with Crippen molar-refractivity contribution in [3.63, 3.8) is 0 Å². The van der Waals surface area contributed by atoms with Crippen molar-refractivity contribution in [1.29, 1.82) is 0 Å². The van der Waals surface area contributed by atoms with Crippen LogP contribution in [0.3, 0.4) is 0 Å². The quantitative estimate of drug-likeness (QED) is 0.369. The number of nitrogens with zero attached hydrogens (tertiary/aromatic N) is 1. The monoisotopic (exact) mass is 215 g/mol. The van der Waals surface area contributed by atoms with E-state index in [2.05, 4.69) is 0 Å². The van der Waals surface area contributed by atoms with Crippen LogP contribution in [0.4, 0.5) is 14.4 Å². The third-order valence-corrected chi connectivity index (χ3v) is 0.548. The van der Waals surface area contributed by atoms with Gasteiger partial charge in [0, 0.05) is 0 Å². The van der Waals surface area contributed by atoms with E-state index >= 15 is 0 Å². The second-order valence-electron chi connectivity index (χ2n) is 1.13. The van der Waals surface area contributed by atoms with Gasteiger partial charge in [-0.1, -0.05) is 0 Å². The van der Waals surface area contributed by atoms with Crippen LogP contribution in [0.25, 0.3) is 0 Å². The number of hydrogen-bond acceptors (Lipinski definition) is 6. The zero-order valence-electron chi connectivity index (χ0n) is 7.40. The maximum atomic E-state index is 9.56. The Bertz CT molecular complexity index is 162. The first-order chi connectivity index (χ1) is 4.46. The van der Waals surface area contributed by atoms with Gasteiger partial charge in [-0.15, -0.1) is 0 Å². The zero-order chi connectivity index (χ0) is 8.31. The molecular formula is C3NNa3O6. The molecule has 0 spiro atoms. The van der Waals surface area contributed by atoms with E-state index in [0.717, 1.165) is 0 Å². The average molecular weight is 215 g/mol. The molecule has 0 aromatic heterocycles. The summed E-state index contributed by atoms with van der Waals surface area (Å²) in [6, 6.07) is 0. The summed E-state index contributed by atoms with van der Waals surface area (Å²) in [6.07, 6.45) is -7.25. The summed E-state index contributed by atoms with van der Waals surface area (Å²) in [7, 11) is 0. The molecule has 10 heteroatoms. The van der Waals surface area contributed by atoms with Crippen LogP contribution in [0.15, 0.2) is 0 Å². The van der Waals surface area contributed by atoms with Crippen LogP contribution >= 0.6 is 0 Å². The predicted octanol–water partition coefficient (Wildman–Crippen LogP) is -12.7. The Morgan fingerprint density at radius 2 is 0.846 bits per heavy atom. The van der Waals surface area contributed by atoms with Gasteiger partial charge in [0.05, 0.1) is 0 Å². The maximum absolute atomic E-state index is 9.56. The molecule has 0 aromatic carbocycles. The van der Waals surface area contributed by atoms with E-state index in [4.69, 9.17) is 0 Å². The van der Waals surface area contributed by atoms with Gasteiger partial charge in [-0.25, -0.2) is 0 Å². The Morgan fingerprint density at radius 3 is 0.846 bits per heavy atom. The van der Waals surface area contributed by atoms with Gasteiger partial charge in [0.1, 0.15) is 18.3 Å². The van der Waals surface area contributed by atoms with E-state index in [9.17, 15) is 29.7 Å². The van der Waals surface area contributed by atoms with Gasteiger partial charge in [0.25, 0.3) is 0 Å². The normalized spacial score (nSPS) is 6.46. The van der Waals surface area contributed by atoms with Crippen LogP contribution in [-0.4, -0.2) is 23.2 Å². The standard InChI is InChI=1S/C3H3NO6.3Na/c5-1(6)4(2(7)8)3(9)10;;;/h(H,5,6)(H,7,8)(H,9,10);;;/q;3*+1/p-3. The smallest absolute Gasteiger partial charge is 0.529 e. The summed E-state index contributed by atoms with van der Waals surface area (Å²) in [6.45, 7) is 0. The number of amides is 3. The average Bonchev–Trinajstić information content (AvgIpc) is 1.59. The Kier molecular flexibility index (Phi) is 20.7. The molecule has 0 heterocycles. The largest absolute Gasteiger partial charge is 1.00 e. The van der Waals surface area contributed by atoms with E-state index in [-0.39, 0.29) is 88.7 Å². The second-order valence-corrected chi connectivity index (χ2v) is 1.13. The van der Waals surface area contributed by atoms with Crippen LogP contribution in [-0.2, 0) is 0 Å². The minimum Gasteiger partial charge on any atom is -0.529 e. The molecule has 0 rings (SSSR count). The topological polar surface area (TPSA) is 124 Å². The SMILES string of the molecule is O=C([O-])N(C(=O)[O-])C(=O)[O-].[Na+].[Na+].[Na+]. The first-order valence-corrected chi connectivity index (χ1v) is 1.90. The zero-order valence-corrected chi connectivity index (χ0v) is 13.4. The molecule has 0 unspecified atom stereocenters. The minimum atomic E-state index is -2.42. The molecule has 0 fully saturated rings. The molecule has 0 aliphatic heterocycles. The summed E-state index contributed by atoms with van der Waals surface area (Å²) in [5.74, 6) is 0. The number of carbonyl (C=O) groups excluding carboxylic acids is 3. The first kappa shape index (κ1) is 23.8. The van der Waals surface area contributed by atoms with Gasteiger partial charge >= 0.3 is 88.7 Å². The summed E-state index contributed by atoms with van der Waals surface area (Å²) < 4.78 is 0. The summed E-state index contributed by atoms with van der Waals surface area (Å²) in [4.78, 5) is 27.6. The molecule has 0 aromatic rings. The second kappa shape index (κ2) is 11.3. The van der Waals surface area contributed by atoms with Gasteiger partial charge in [-0.2, -0.15) is 0 Å². The summed E-state index contributed by atoms with van der Waals surface area (Å²) >= 11 is 0. The third-order valence-electron chi connectivity index (χ3n) is 0.548. The van der Waals surface area contributed by atoms with Crippen LogP contribution in [0.1, 0.15) is 0 Å². The molecule has 0 saturated carbocycles. The Morgan fingerprint density at radius 1 is 0.692 bits per heavy atom. The molecular weight excluding hydrogens is 215 g/mol. The van der Waals surface area contributed by atoms with Crippen LogP contribution < -0.4 is 104 Å². The van der Waals surface area contributed by atoms with E-state index < -0.39 is 23.2 Å². The maximum Gasteiger partial charge on any atom is 1.00 e. The van der Waals surface area contributed by atoms with Crippen molar-refractivity contribution in [2.75, 3.05) is 0 Å². The molecule has 56 valence electrons. The van der Waals surface area contributed by atoms with Crippen molar-refractivity contribution in [2.45, 2.75) is 0 Å². The fraction of sp³-hybridized carbons (Fsp3) is 0. The third kappa shape index (κ3) is 9.51. The molecule has 0 N–H and O–H groups in total. The van der Waals surface area contributed by atoms with Crippen molar-refractivity contribution in [3.8, 4) is 0 Å². The molecule has 0 aliphatic rings. The molecule has 0 atom stereocenters. The van der Waals surface area contributed by atoms with E-state index in [0.29, 0.717) is 0 Å². The van der Waals surface area contributed by atoms with Crippen LogP contribution in [0.2, 0.25) is 0 Å². The van der Waals surface area contributed by atoms with Crippen molar-refractivity contribution < 1.29 is 118 Å². The summed E-state index contributed by atoms with van der Waals surface area (Å²) in [5, 5.41) is 28.7. The summed E-state index contributed by atoms with van der Waals surface area (Å²) in [5.41, 5.74) is 0. The molecule has 0 bridgehead atoms. The van der Waals surface area contributed by atoms with Gasteiger partial charge in [-0.3, -0.25) is 4.90 Å². The van der Waals surface area contributed by atoms with Gasteiger partial charge < -0.3 is 29.7 Å². The van der Waals surface area contributed by atoms with Gasteiger partial charge in [0.15, 0.2) is 0 Å². The van der Waals surface area contributed by atoms with Crippen molar-refractivity contribution in [3.05, 3.63) is 0 Å². The van der Waals surface area contributed by atoms with E-state index in [1.54, 1.807) is 0 Å².